The van der Waals surface area contributed by atoms with Crippen LogP contribution in [0.2, 0.25) is 0 Å². The normalized spacial score (nSPS) is 13.3. The molecule has 0 aromatic heterocycles. The van der Waals surface area contributed by atoms with Crippen molar-refractivity contribution in [1.82, 2.24) is 0 Å². The van der Waals surface area contributed by atoms with Gasteiger partial charge in [-0.2, -0.15) is 12.8 Å². The van der Waals surface area contributed by atoms with Crippen LogP contribution in [0.1, 0.15) is 52.7 Å². The molecular weight excluding hydrogens is 234 g/mol. The van der Waals surface area contributed by atoms with Crippen molar-refractivity contribution in [3.63, 3.8) is 0 Å². The molecule has 3 heteroatoms. The van der Waals surface area contributed by atoms with Gasteiger partial charge in [0.2, 0.25) is 0 Å². The van der Waals surface area contributed by atoms with Gasteiger partial charge < -0.3 is 6.42 Å². The molecule has 0 spiro atoms. The Bertz CT molecular complexity index is 367. The first-order valence-corrected chi connectivity index (χ1v) is 6.79. The second-order valence-corrected chi connectivity index (χ2v) is 5.24. The Morgan fingerprint density at radius 3 is 1.83 bits per heavy atom. The van der Waals surface area contributed by atoms with Crippen LogP contribution in [0.4, 0.5) is 0 Å². The maximum atomic E-state index is 11.2. The van der Waals surface area contributed by atoms with Crippen LogP contribution >= 0.6 is 9.24 Å². The summed E-state index contributed by atoms with van der Waals surface area (Å²) in [5.41, 5.74) is 4.25. The van der Waals surface area contributed by atoms with Crippen LogP contribution in [0.5, 0.6) is 0 Å². The molecule has 1 nitrogen and oxygen atoms in total. The Balaban J connectivity index is 0.000000405. The fraction of sp³-hybridized carbons (Fsp3) is 0.467. The van der Waals surface area contributed by atoms with Crippen molar-refractivity contribution < 1.29 is 23.7 Å². The molecule has 0 bridgehead atoms. The topological polar surface area (TPSA) is 17.1 Å². The summed E-state index contributed by atoms with van der Waals surface area (Å²) in [5.74, 6) is 0. The largest absolute Gasteiger partial charge is 1.00 e. The van der Waals surface area contributed by atoms with Gasteiger partial charge in [0.15, 0.2) is 5.52 Å². The van der Waals surface area contributed by atoms with Gasteiger partial charge in [-0.15, -0.1) is 0 Å². The summed E-state index contributed by atoms with van der Waals surface area (Å²) < 4.78 is 0. The third kappa shape index (κ3) is 5.70. The number of aryl methyl sites for hydroxylation is 3. The fourth-order valence-corrected chi connectivity index (χ4v) is 2.75. The quantitative estimate of drug-likeness (QED) is 0.421. The molecule has 0 heterocycles. The minimum absolute atomic E-state index is 0. The standard InChI is InChI=1S/C10H13OP.C5H9.Li/c1-6-4-7(2)9(10(11)12)8(3)5-6;1-2-4-5-3-1;/h4-5H,12H2,1-3H3;1H,2-5H2;/q;-1;+1. The van der Waals surface area contributed by atoms with Crippen molar-refractivity contribution >= 4 is 14.8 Å². The third-order valence-corrected chi connectivity index (χ3v) is 3.28. The zero-order valence-corrected chi connectivity index (χ0v) is 13.2. The average molecular weight is 256 g/mol. The van der Waals surface area contributed by atoms with Gasteiger partial charge in [-0.3, -0.25) is 4.79 Å². The van der Waals surface area contributed by atoms with E-state index in [1.165, 1.54) is 31.2 Å². The molecule has 1 aliphatic rings. The molecule has 18 heavy (non-hydrogen) atoms. The molecule has 1 aromatic carbocycles. The Labute approximate surface area is 126 Å². The van der Waals surface area contributed by atoms with Gasteiger partial charge in [-0.25, -0.2) is 0 Å². The fourth-order valence-electron chi connectivity index (χ4n) is 2.29. The first-order valence-electron chi connectivity index (χ1n) is 6.21. The molecule has 1 aromatic rings. The van der Waals surface area contributed by atoms with E-state index < -0.39 is 0 Å². The summed E-state index contributed by atoms with van der Waals surface area (Å²) in [6.07, 6.45) is 8.00. The summed E-state index contributed by atoms with van der Waals surface area (Å²) in [6, 6.07) is 4.06. The van der Waals surface area contributed by atoms with Crippen LogP contribution in [0.25, 0.3) is 0 Å². The van der Waals surface area contributed by atoms with E-state index in [0.29, 0.717) is 0 Å². The van der Waals surface area contributed by atoms with E-state index >= 15 is 0 Å². The second-order valence-electron chi connectivity index (χ2n) is 4.71. The van der Waals surface area contributed by atoms with Gasteiger partial charge >= 0.3 is 18.9 Å². The predicted octanol–water partition coefficient (Wildman–Crippen LogP) is 1.40. The zero-order valence-electron chi connectivity index (χ0n) is 12.0. The molecule has 0 radical (unpaired) electrons. The summed E-state index contributed by atoms with van der Waals surface area (Å²) >= 11 is 0. The molecule has 1 aliphatic carbocycles. The smallest absolute Gasteiger partial charge is 0.328 e. The second kappa shape index (κ2) is 8.92. The molecule has 1 fully saturated rings. The molecule has 2 rings (SSSR count). The Morgan fingerprint density at radius 1 is 1.11 bits per heavy atom. The van der Waals surface area contributed by atoms with E-state index in [9.17, 15) is 4.79 Å². The van der Waals surface area contributed by atoms with Gasteiger partial charge in [-0.05, 0) is 31.9 Å². The van der Waals surface area contributed by atoms with Crippen molar-refractivity contribution in [2.75, 3.05) is 0 Å². The van der Waals surface area contributed by atoms with E-state index in [2.05, 4.69) is 15.7 Å². The molecule has 1 atom stereocenters. The minimum Gasteiger partial charge on any atom is -0.328 e. The Morgan fingerprint density at radius 2 is 1.56 bits per heavy atom. The molecule has 0 N–H and O–H groups in total. The minimum atomic E-state index is 0. The van der Waals surface area contributed by atoms with Crippen LogP contribution in [0.15, 0.2) is 12.1 Å². The van der Waals surface area contributed by atoms with Gasteiger partial charge in [-0.1, -0.05) is 39.8 Å². The van der Waals surface area contributed by atoms with Crippen molar-refractivity contribution in [2.45, 2.75) is 46.5 Å². The van der Waals surface area contributed by atoms with Gasteiger partial charge in [0.1, 0.15) is 0 Å². The molecule has 0 amide bonds. The Kier molecular flexibility index (Phi) is 8.88. The van der Waals surface area contributed by atoms with Crippen molar-refractivity contribution in [3.8, 4) is 0 Å². The maximum Gasteiger partial charge on any atom is 1.00 e. The molecule has 0 saturated heterocycles. The van der Waals surface area contributed by atoms with E-state index in [0.717, 1.165) is 16.7 Å². The van der Waals surface area contributed by atoms with E-state index in [1.807, 2.05) is 32.9 Å². The average Bonchev–Trinajstić information content (AvgIpc) is 2.71. The van der Waals surface area contributed by atoms with E-state index in [-0.39, 0.29) is 24.4 Å². The monoisotopic (exact) mass is 256 g/mol. The number of carbonyl (C=O) groups is 1. The van der Waals surface area contributed by atoms with Crippen molar-refractivity contribution in [3.05, 3.63) is 40.8 Å². The van der Waals surface area contributed by atoms with Crippen molar-refractivity contribution in [1.29, 1.82) is 0 Å². The SMILES string of the molecule is Cc1cc(C)c(C(=O)P)c(C)c1.[CH-]1CCCC1.[Li+]. The summed E-state index contributed by atoms with van der Waals surface area (Å²) in [4.78, 5) is 11.2. The van der Waals surface area contributed by atoms with E-state index in [1.54, 1.807) is 0 Å². The van der Waals surface area contributed by atoms with Crippen LogP contribution < -0.4 is 18.9 Å². The van der Waals surface area contributed by atoms with Gasteiger partial charge in [0.25, 0.3) is 0 Å². The molecule has 1 unspecified atom stereocenters. The van der Waals surface area contributed by atoms with Gasteiger partial charge in [0.05, 0.1) is 0 Å². The molecule has 94 valence electrons. The summed E-state index contributed by atoms with van der Waals surface area (Å²) in [7, 11) is 2.22. The van der Waals surface area contributed by atoms with Crippen LogP contribution in [-0.2, 0) is 0 Å². The van der Waals surface area contributed by atoms with Crippen LogP contribution in [0, 0.1) is 27.2 Å². The summed E-state index contributed by atoms with van der Waals surface area (Å²) in [5, 5.41) is 0. The Hall–Kier alpha value is -0.0826. The molecular formula is C15H22LiOP. The maximum absolute atomic E-state index is 11.2. The first-order chi connectivity index (χ1) is 8.02. The van der Waals surface area contributed by atoms with Gasteiger partial charge in [0, 0.05) is 5.56 Å². The van der Waals surface area contributed by atoms with Crippen LogP contribution in [-0.4, -0.2) is 5.52 Å². The number of carbonyl (C=O) groups excluding carboxylic acids is 1. The number of benzene rings is 1. The number of hydrogen-bond acceptors (Lipinski definition) is 1. The predicted molar refractivity (Wildman–Crippen MR) is 77.5 cm³/mol. The molecule has 0 aliphatic heterocycles. The first kappa shape index (κ1) is 17.9. The van der Waals surface area contributed by atoms with E-state index in [4.69, 9.17) is 0 Å². The zero-order chi connectivity index (χ0) is 12.8. The third-order valence-electron chi connectivity index (χ3n) is 2.99. The van der Waals surface area contributed by atoms with Crippen molar-refractivity contribution in [2.24, 2.45) is 0 Å². The summed E-state index contributed by atoms with van der Waals surface area (Å²) in [6.45, 7) is 5.98. The molecule has 1 saturated carbocycles. The number of hydrogen-bond donors (Lipinski definition) is 0. The number of rotatable bonds is 1. The van der Waals surface area contributed by atoms with Crippen LogP contribution in [0.3, 0.4) is 0 Å².